The highest BCUT2D eigenvalue weighted by molar-refractivity contribution is 6.30. The number of fused-ring (bicyclic) bond motifs is 1. The summed E-state index contributed by atoms with van der Waals surface area (Å²) in [5.41, 5.74) is 0.546. The fraction of sp³-hybridized carbons (Fsp3) is 0.222. The van der Waals surface area contributed by atoms with Crippen LogP contribution in [0.2, 0.25) is 5.02 Å². The molecule has 0 saturated heterocycles. The van der Waals surface area contributed by atoms with Crippen molar-refractivity contribution >= 4 is 28.6 Å². The van der Waals surface area contributed by atoms with E-state index in [1.54, 1.807) is 36.7 Å². The van der Waals surface area contributed by atoms with Gasteiger partial charge in [0.05, 0.1) is 17.2 Å². The van der Waals surface area contributed by atoms with Crippen LogP contribution in [0.1, 0.15) is 24.3 Å². The van der Waals surface area contributed by atoms with E-state index in [2.05, 4.69) is 4.98 Å². The molecule has 0 radical (unpaired) electrons. The van der Waals surface area contributed by atoms with Gasteiger partial charge in [-0.05, 0) is 43.7 Å². The number of hydrogen-bond donors (Lipinski definition) is 2. The molecule has 5 nitrogen and oxygen atoms in total. The number of hydrogen-bond acceptors (Lipinski definition) is 3. The monoisotopic (exact) mass is 362 g/mol. The number of halogens is 2. The largest absolute Gasteiger partial charge is 0.477 e. The lowest BCUT2D eigenvalue weighted by Gasteiger charge is -2.18. The number of carboxylic acids is 1. The van der Waals surface area contributed by atoms with Crippen molar-refractivity contribution in [2.75, 3.05) is 0 Å². The number of benzene rings is 1. The molecule has 0 aliphatic heterocycles. The normalized spacial score (nSPS) is 11.9. The Kier molecular flexibility index (Phi) is 4.26. The van der Waals surface area contributed by atoms with Gasteiger partial charge in [-0.2, -0.15) is 0 Å². The summed E-state index contributed by atoms with van der Waals surface area (Å²) in [5, 5.41) is 20.0. The summed E-state index contributed by atoms with van der Waals surface area (Å²) in [6, 6.07) is 7.49. The minimum absolute atomic E-state index is 0.0234. The number of carbonyl (C=O) groups is 1. The van der Waals surface area contributed by atoms with E-state index in [4.69, 9.17) is 11.6 Å². The maximum atomic E-state index is 13.8. The summed E-state index contributed by atoms with van der Waals surface area (Å²) >= 11 is 5.74. The molecule has 3 aromatic rings. The second-order valence-corrected chi connectivity index (χ2v) is 6.89. The van der Waals surface area contributed by atoms with Gasteiger partial charge in [0.2, 0.25) is 0 Å². The molecular weight excluding hydrogens is 347 g/mol. The van der Waals surface area contributed by atoms with Gasteiger partial charge in [-0.3, -0.25) is 0 Å². The lowest BCUT2D eigenvalue weighted by atomic mass is 10.1. The molecule has 0 amide bonds. The van der Waals surface area contributed by atoms with Crippen LogP contribution in [-0.4, -0.2) is 31.3 Å². The minimum Gasteiger partial charge on any atom is -0.477 e. The molecule has 0 unspecified atom stereocenters. The lowest BCUT2D eigenvalue weighted by Crippen LogP contribution is -2.25. The number of pyridine rings is 1. The zero-order valence-electron chi connectivity index (χ0n) is 13.6. The highest BCUT2D eigenvalue weighted by atomic mass is 35.5. The smallest absolute Gasteiger partial charge is 0.354 e. The molecule has 0 aliphatic carbocycles. The zero-order chi connectivity index (χ0) is 18.4. The predicted octanol–water partition coefficient (Wildman–Crippen LogP) is 3.96. The molecule has 0 aliphatic rings. The Morgan fingerprint density at radius 1 is 1.32 bits per heavy atom. The number of rotatable bonds is 4. The summed E-state index contributed by atoms with van der Waals surface area (Å²) in [5.74, 6) is -1.69. The van der Waals surface area contributed by atoms with Crippen LogP contribution >= 0.6 is 11.6 Å². The number of aromatic nitrogens is 2. The van der Waals surface area contributed by atoms with Gasteiger partial charge in [0.15, 0.2) is 5.69 Å². The molecule has 0 fully saturated rings. The van der Waals surface area contributed by atoms with E-state index in [9.17, 15) is 19.4 Å². The van der Waals surface area contributed by atoms with Crippen LogP contribution in [0.3, 0.4) is 0 Å². The van der Waals surface area contributed by atoms with Crippen molar-refractivity contribution in [3.63, 3.8) is 0 Å². The molecule has 1 aromatic carbocycles. The van der Waals surface area contributed by atoms with Crippen LogP contribution in [0.4, 0.5) is 4.39 Å². The standard InChI is InChI=1S/C18H16ClFN2O3/c1-18(2,25)9-22-8-12(10-3-5-13(19)14(20)7-10)11-4-6-15(17(23)24)21-16(11)22/h3-8,25H,9H2,1-2H3,(H,23,24). The molecule has 0 saturated carbocycles. The summed E-state index contributed by atoms with van der Waals surface area (Å²) in [6.45, 7) is 3.48. The molecule has 3 rings (SSSR count). The molecule has 2 N–H and O–H groups in total. The van der Waals surface area contributed by atoms with E-state index in [1.165, 1.54) is 18.2 Å². The van der Waals surface area contributed by atoms with E-state index in [1.807, 2.05) is 0 Å². The second-order valence-electron chi connectivity index (χ2n) is 6.48. The molecule has 7 heteroatoms. The summed E-state index contributed by atoms with van der Waals surface area (Å²) in [4.78, 5) is 15.4. The van der Waals surface area contributed by atoms with Crippen molar-refractivity contribution in [2.45, 2.75) is 26.0 Å². The van der Waals surface area contributed by atoms with Crippen LogP contribution in [-0.2, 0) is 6.54 Å². The van der Waals surface area contributed by atoms with Crippen molar-refractivity contribution in [1.82, 2.24) is 9.55 Å². The van der Waals surface area contributed by atoms with Gasteiger partial charge in [-0.15, -0.1) is 0 Å². The van der Waals surface area contributed by atoms with Gasteiger partial charge in [-0.1, -0.05) is 17.7 Å². The predicted molar refractivity (Wildman–Crippen MR) is 93.4 cm³/mol. The van der Waals surface area contributed by atoms with Gasteiger partial charge >= 0.3 is 5.97 Å². The minimum atomic E-state index is -1.14. The number of carboxylic acid groups (broad SMARTS) is 1. The Morgan fingerprint density at radius 2 is 2.04 bits per heavy atom. The third-order valence-corrected chi connectivity index (χ3v) is 4.04. The first-order valence-corrected chi connectivity index (χ1v) is 7.94. The first-order chi connectivity index (χ1) is 11.7. The van der Waals surface area contributed by atoms with E-state index >= 15 is 0 Å². The maximum absolute atomic E-state index is 13.8. The van der Waals surface area contributed by atoms with Gasteiger partial charge in [0, 0.05) is 17.1 Å². The van der Waals surface area contributed by atoms with Crippen molar-refractivity contribution in [3.05, 3.63) is 53.1 Å². The van der Waals surface area contributed by atoms with E-state index in [0.29, 0.717) is 22.2 Å². The third kappa shape index (κ3) is 3.50. The molecule has 0 atom stereocenters. The van der Waals surface area contributed by atoms with Crippen molar-refractivity contribution in [2.24, 2.45) is 0 Å². The Morgan fingerprint density at radius 3 is 2.64 bits per heavy atom. The van der Waals surface area contributed by atoms with Crippen molar-refractivity contribution in [3.8, 4) is 11.1 Å². The summed E-state index contributed by atoms with van der Waals surface area (Å²) < 4.78 is 15.5. The third-order valence-electron chi connectivity index (χ3n) is 3.73. The van der Waals surface area contributed by atoms with Crippen molar-refractivity contribution < 1.29 is 19.4 Å². The molecule has 2 heterocycles. The van der Waals surface area contributed by atoms with E-state index in [0.717, 1.165) is 0 Å². The Balaban J connectivity index is 2.25. The second kappa shape index (κ2) is 6.13. The average molecular weight is 363 g/mol. The Hall–Kier alpha value is -2.44. The zero-order valence-corrected chi connectivity index (χ0v) is 14.4. The van der Waals surface area contributed by atoms with Crippen LogP contribution < -0.4 is 0 Å². The van der Waals surface area contributed by atoms with Gasteiger partial charge in [0.25, 0.3) is 0 Å². The van der Waals surface area contributed by atoms with Gasteiger partial charge in [-0.25, -0.2) is 14.2 Å². The van der Waals surface area contributed by atoms with Crippen molar-refractivity contribution in [1.29, 1.82) is 0 Å². The topological polar surface area (TPSA) is 75.4 Å². The Bertz CT molecular complexity index is 976. The van der Waals surface area contributed by atoms with Crippen LogP contribution in [0.15, 0.2) is 36.5 Å². The van der Waals surface area contributed by atoms with Crippen LogP contribution in [0.25, 0.3) is 22.2 Å². The summed E-state index contributed by atoms with van der Waals surface area (Å²) in [7, 11) is 0. The first kappa shape index (κ1) is 17.4. The lowest BCUT2D eigenvalue weighted by molar-refractivity contribution is 0.0627. The molecule has 0 bridgehead atoms. The van der Waals surface area contributed by atoms with Gasteiger partial charge in [0.1, 0.15) is 11.5 Å². The van der Waals surface area contributed by atoms with Gasteiger partial charge < -0.3 is 14.8 Å². The van der Waals surface area contributed by atoms with E-state index in [-0.39, 0.29) is 17.3 Å². The Labute approximate surface area is 148 Å². The fourth-order valence-corrected chi connectivity index (χ4v) is 2.83. The molecule has 25 heavy (non-hydrogen) atoms. The number of aromatic carboxylic acids is 1. The molecular formula is C18H16ClFN2O3. The fourth-order valence-electron chi connectivity index (χ4n) is 2.71. The molecule has 2 aromatic heterocycles. The molecule has 0 spiro atoms. The number of nitrogens with zero attached hydrogens (tertiary/aromatic N) is 2. The highest BCUT2D eigenvalue weighted by Gasteiger charge is 2.20. The highest BCUT2D eigenvalue weighted by Crippen LogP contribution is 2.32. The van der Waals surface area contributed by atoms with E-state index < -0.39 is 17.4 Å². The van der Waals surface area contributed by atoms with Crippen LogP contribution in [0.5, 0.6) is 0 Å². The quantitative estimate of drug-likeness (QED) is 0.736. The maximum Gasteiger partial charge on any atom is 0.354 e. The average Bonchev–Trinajstić information content (AvgIpc) is 2.86. The SMILES string of the molecule is CC(C)(O)Cn1cc(-c2ccc(Cl)c(F)c2)c2ccc(C(=O)O)nc21. The molecule has 130 valence electrons. The first-order valence-electron chi connectivity index (χ1n) is 7.57. The summed E-state index contributed by atoms with van der Waals surface area (Å²) in [6.07, 6.45) is 1.73. The number of aliphatic hydroxyl groups is 1. The van der Waals surface area contributed by atoms with Crippen LogP contribution in [0, 0.1) is 5.82 Å².